The van der Waals surface area contributed by atoms with Gasteiger partial charge in [-0.1, -0.05) is 0 Å². The molecule has 1 aliphatic rings. The Kier molecular flexibility index (Phi) is 5.09. The fraction of sp³-hybridized carbons (Fsp3) is 1.00. The van der Waals surface area contributed by atoms with Crippen LogP contribution in [0.2, 0.25) is 0 Å². The van der Waals surface area contributed by atoms with Crippen LogP contribution in [0.5, 0.6) is 0 Å². The lowest BCUT2D eigenvalue weighted by atomic mass is 10.2. The number of nitrogens with zero attached hydrogens (tertiary/aromatic N) is 1. The van der Waals surface area contributed by atoms with Gasteiger partial charge < -0.3 is 10.5 Å². The highest BCUT2D eigenvalue weighted by Crippen LogP contribution is 2.16. The van der Waals surface area contributed by atoms with Crippen molar-refractivity contribution >= 4 is 11.8 Å². The van der Waals surface area contributed by atoms with Crippen molar-refractivity contribution in [3.63, 3.8) is 0 Å². The molecule has 13 heavy (non-hydrogen) atoms. The number of thioether (sulfide) groups is 1. The predicted octanol–water partition coefficient (Wildman–Crippen LogP) is 0.397. The number of methoxy groups -OCH3 is 1. The maximum absolute atomic E-state index is 5.59. The van der Waals surface area contributed by atoms with Crippen LogP contribution in [-0.2, 0) is 4.74 Å². The third-order valence-corrected chi connectivity index (χ3v) is 3.73. The predicted molar refractivity (Wildman–Crippen MR) is 58.2 cm³/mol. The molecule has 0 radical (unpaired) electrons. The number of rotatable bonds is 4. The van der Waals surface area contributed by atoms with Gasteiger partial charge in [-0.25, -0.2) is 0 Å². The highest BCUT2D eigenvalue weighted by molar-refractivity contribution is 7.99. The quantitative estimate of drug-likeness (QED) is 0.719. The Morgan fingerprint density at radius 1 is 1.69 bits per heavy atom. The zero-order valence-corrected chi connectivity index (χ0v) is 9.35. The molecular weight excluding hydrogens is 184 g/mol. The lowest BCUT2D eigenvalue weighted by molar-refractivity contribution is 0.0612. The summed E-state index contributed by atoms with van der Waals surface area (Å²) >= 11 is 2.04. The summed E-state index contributed by atoms with van der Waals surface area (Å²) in [5, 5.41) is 0. The number of nitrogens with two attached hydrogens (primary N) is 1. The topological polar surface area (TPSA) is 38.5 Å². The Morgan fingerprint density at radius 3 is 3.00 bits per heavy atom. The maximum Gasteiger partial charge on any atom is 0.0820 e. The largest absolute Gasteiger partial charge is 0.379 e. The van der Waals surface area contributed by atoms with Gasteiger partial charge in [0.05, 0.1) is 6.10 Å². The molecule has 0 spiro atoms. The van der Waals surface area contributed by atoms with Crippen molar-refractivity contribution in [2.45, 2.75) is 19.1 Å². The van der Waals surface area contributed by atoms with Crippen LogP contribution >= 0.6 is 11.8 Å². The number of hydrogen-bond acceptors (Lipinski definition) is 4. The normalized spacial score (nSPS) is 27.5. The average molecular weight is 204 g/mol. The van der Waals surface area contributed by atoms with Crippen LogP contribution in [0, 0.1) is 0 Å². The van der Waals surface area contributed by atoms with E-state index >= 15 is 0 Å². The van der Waals surface area contributed by atoms with Crippen LogP contribution in [0.25, 0.3) is 0 Å². The van der Waals surface area contributed by atoms with Gasteiger partial charge in [-0.3, -0.25) is 4.90 Å². The Morgan fingerprint density at radius 2 is 2.46 bits per heavy atom. The van der Waals surface area contributed by atoms with Crippen molar-refractivity contribution in [1.29, 1.82) is 0 Å². The van der Waals surface area contributed by atoms with E-state index in [9.17, 15) is 0 Å². The van der Waals surface area contributed by atoms with Crippen molar-refractivity contribution in [2.75, 3.05) is 38.2 Å². The molecule has 1 heterocycles. The highest BCUT2D eigenvalue weighted by Gasteiger charge is 2.20. The van der Waals surface area contributed by atoms with Gasteiger partial charge in [0, 0.05) is 44.3 Å². The standard InChI is InChI=1S/C9H20N2OS/c1-8-7-13-4-3-11(8)6-9(5-10)12-2/h8-9H,3-7,10H2,1-2H3. The second kappa shape index (κ2) is 5.86. The van der Waals surface area contributed by atoms with E-state index in [1.807, 2.05) is 11.8 Å². The first-order valence-electron chi connectivity index (χ1n) is 4.82. The zero-order chi connectivity index (χ0) is 9.68. The second-order valence-electron chi connectivity index (χ2n) is 3.51. The molecule has 2 N–H and O–H groups in total. The Bertz CT molecular complexity index is 142. The monoisotopic (exact) mass is 204 g/mol. The van der Waals surface area contributed by atoms with Gasteiger partial charge in [0.15, 0.2) is 0 Å². The SMILES string of the molecule is COC(CN)CN1CCSCC1C. The Balaban J connectivity index is 2.32. The van der Waals surface area contributed by atoms with E-state index in [-0.39, 0.29) is 6.10 Å². The van der Waals surface area contributed by atoms with Crippen LogP contribution in [0.4, 0.5) is 0 Å². The van der Waals surface area contributed by atoms with Gasteiger partial charge in [-0.2, -0.15) is 11.8 Å². The van der Waals surface area contributed by atoms with E-state index < -0.39 is 0 Å². The molecule has 1 saturated heterocycles. The summed E-state index contributed by atoms with van der Waals surface area (Å²) in [5.74, 6) is 2.48. The van der Waals surface area contributed by atoms with Crippen LogP contribution < -0.4 is 5.73 Å². The maximum atomic E-state index is 5.59. The molecule has 3 nitrogen and oxygen atoms in total. The minimum atomic E-state index is 0.200. The minimum absolute atomic E-state index is 0.200. The van der Waals surface area contributed by atoms with E-state index in [0.717, 1.165) is 6.54 Å². The summed E-state index contributed by atoms with van der Waals surface area (Å²) in [6.07, 6.45) is 0.200. The molecule has 2 unspecified atom stereocenters. The van der Waals surface area contributed by atoms with Crippen molar-refractivity contribution in [1.82, 2.24) is 4.90 Å². The molecule has 0 aromatic carbocycles. The summed E-state index contributed by atoms with van der Waals surface area (Å²) in [7, 11) is 1.74. The van der Waals surface area contributed by atoms with Gasteiger partial charge in [0.1, 0.15) is 0 Å². The number of ether oxygens (including phenoxy) is 1. The molecule has 4 heteroatoms. The summed E-state index contributed by atoms with van der Waals surface area (Å²) in [6.45, 7) is 5.04. The van der Waals surface area contributed by atoms with Crippen LogP contribution in [0.3, 0.4) is 0 Å². The van der Waals surface area contributed by atoms with Crippen molar-refractivity contribution < 1.29 is 4.74 Å². The summed E-state index contributed by atoms with van der Waals surface area (Å²) in [6, 6.07) is 0.669. The molecule has 1 rings (SSSR count). The van der Waals surface area contributed by atoms with Crippen LogP contribution in [0.1, 0.15) is 6.92 Å². The molecule has 0 aromatic heterocycles. The molecule has 2 atom stereocenters. The lowest BCUT2D eigenvalue weighted by Crippen LogP contribution is -2.46. The van der Waals surface area contributed by atoms with Crippen molar-refractivity contribution in [3.05, 3.63) is 0 Å². The molecule has 0 bridgehead atoms. The first kappa shape index (κ1) is 11.3. The van der Waals surface area contributed by atoms with E-state index in [4.69, 9.17) is 10.5 Å². The average Bonchev–Trinajstić information content (AvgIpc) is 2.17. The Hall–Kier alpha value is 0.230. The fourth-order valence-electron chi connectivity index (χ4n) is 1.54. The molecule has 1 fully saturated rings. The molecule has 0 aromatic rings. The molecule has 0 aliphatic carbocycles. The van der Waals surface area contributed by atoms with E-state index in [1.54, 1.807) is 7.11 Å². The van der Waals surface area contributed by atoms with E-state index in [1.165, 1.54) is 18.1 Å². The lowest BCUT2D eigenvalue weighted by Gasteiger charge is -2.34. The molecule has 78 valence electrons. The van der Waals surface area contributed by atoms with E-state index in [2.05, 4.69) is 11.8 Å². The summed E-state index contributed by atoms with van der Waals surface area (Å²) < 4.78 is 5.28. The third kappa shape index (κ3) is 3.46. The van der Waals surface area contributed by atoms with Crippen molar-refractivity contribution in [3.8, 4) is 0 Å². The molecule has 0 saturated carbocycles. The van der Waals surface area contributed by atoms with Gasteiger partial charge in [0.2, 0.25) is 0 Å². The van der Waals surface area contributed by atoms with Gasteiger partial charge in [-0.15, -0.1) is 0 Å². The van der Waals surface area contributed by atoms with Crippen LogP contribution in [-0.4, -0.2) is 55.3 Å². The van der Waals surface area contributed by atoms with Gasteiger partial charge in [-0.05, 0) is 6.92 Å². The first-order valence-corrected chi connectivity index (χ1v) is 5.98. The fourth-order valence-corrected chi connectivity index (χ4v) is 2.62. The first-order chi connectivity index (χ1) is 6.27. The van der Waals surface area contributed by atoms with Gasteiger partial charge in [0.25, 0.3) is 0 Å². The summed E-state index contributed by atoms with van der Waals surface area (Å²) in [5.41, 5.74) is 5.59. The number of hydrogen-bond donors (Lipinski definition) is 1. The van der Waals surface area contributed by atoms with Crippen LogP contribution in [0.15, 0.2) is 0 Å². The Labute approximate surface area is 85.0 Å². The molecule has 1 aliphatic heterocycles. The zero-order valence-electron chi connectivity index (χ0n) is 8.53. The molecule has 0 amide bonds. The highest BCUT2D eigenvalue weighted by atomic mass is 32.2. The smallest absolute Gasteiger partial charge is 0.0820 e. The third-order valence-electron chi connectivity index (χ3n) is 2.54. The summed E-state index contributed by atoms with van der Waals surface area (Å²) in [4.78, 5) is 2.47. The van der Waals surface area contributed by atoms with Crippen molar-refractivity contribution in [2.24, 2.45) is 5.73 Å². The van der Waals surface area contributed by atoms with E-state index in [0.29, 0.717) is 12.6 Å². The second-order valence-corrected chi connectivity index (χ2v) is 4.66. The molecular formula is C9H20N2OS. The minimum Gasteiger partial charge on any atom is -0.379 e. The van der Waals surface area contributed by atoms with Gasteiger partial charge >= 0.3 is 0 Å².